The fourth-order valence-electron chi connectivity index (χ4n) is 2.31. The standard InChI is InChI=1S/C13H14ClN5OS/c1-18-13(15-16-17-18)21-11-7-4-8-19(12(11)20)10-6-3-2-5-9(10)14/h2-3,5-6,11H,4,7-8H2,1H3. The van der Waals surface area contributed by atoms with Crippen molar-refractivity contribution in [3.05, 3.63) is 29.3 Å². The van der Waals surface area contributed by atoms with Crippen molar-refractivity contribution in [1.29, 1.82) is 0 Å². The van der Waals surface area contributed by atoms with Gasteiger partial charge in [0, 0.05) is 13.6 Å². The summed E-state index contributed by atoms with van der Waals surface area (Å²) in [6.07, 6.45) is 1.75. The zero-order valence-corrected chi connectivity index (χ0v) is 13.0. The van der Waals surface area contributed by atoms with Gasteiger partial charge in [-0.1, -0.05) is 35.5 Å². The van der Waals surface area contributed by atoms with Crippen molar-refractivity contribution in [2.45, 2.75) is 23.2 Å². The first-order chi connectivity index (χ1) is 10.2. The monoisotopic (exact) mass is 323 g/mol. The van der Waals surface area contributed by atoms with E-state index in [1.807, 2.05) is 18.2 Å². The van der Waals surface area contributed by atoms with Gasteiger partial charge in [0.2, 0.25) is 11.1 Å². The number of nitrogens with zero attached hydrogens (tertiary/aromatic N) is 5. The molecule has 2 aromatic rings. The molecule has 1 fully saturated rings. The number of halogens is 1. The van der Waals surface area contributed by atoms with E-state index in [1.54, 1.807) is 22.7 Å². The first-order valence-corrected chi connectivity index (χ1v) is 7.87. The highest BCUT2D eigenvalue weighted by molar-refractivity contribution is 8.00. The molecule has 0 N–H and O–H groups in total. The van der Waals surface area contributed by atoms with E-state index in [1.165, 1.54) is 11.8 Å². The van der Waals surface area contributed by atoms with Crippen LogP contribution in [0.2, 0.25) is 5.02 Å². The molecule has 1 aromatic carbocycles. The van der Waals surface area contributed by atoms with E-state index in [0.29, 0.717) is 16.7 Å². The van der Waals surface area contributed by atoms with E-state index in [4.69, 9.17) is 11.6 Å². The molecular formula is C13H14ClN5OS. The summed E-state index contributed by atoms with van der Waals surface area (Å²) in [6.45, 7) is 0.691. The molecule has 21 heavy (non-hydrogen) atoms. The highest BCUT2D eigenvalue weighted by atomic mass is 35.5. The summed E-state index contributed by atoms with van der Waals surface area (Å²) in [5, 5.41) is 12.4. The van der Waals surface area contributed by atoms with Crippen LogP contribution < -0.4 is 4.90 Å². The molecule has 2 heterocycles. The summed E-state index contributed by atoms with van der Waals surface area (Å²) in [6, 6.07) is 7.42. The minimum atomic E-state index is -0.181. The highest BCUT2D eigenvalue weighted by Crippen LogP contribution is 2.33. The van der Waals surface area contributed by atoms with E-state index in [0.717, 1.165) is 18.5 Å². The molecule has 1 amide bonds. The number of carbonyl (C=O) groups is 1. The van der Waals surface area contributed by atoms with Crippen LogP contribution in [0.5, 0.6) is 0 Å². The minimum absolute atomic E-state index is 0.0577. The molecule has 110 valence electrons. The van der Waals surface area contributed by atoms with Gasteiger partial charge < -0.3 is 4.90 Å². The Morgan fingerprint density at radius 3 is 2.90 bits per heavy atom. The molecule has 1 aromatic heterocycles. The molecule has 0 bridgehead atoms. The molecular weight excluding hydrogens is 310 g/mol. The topological polar surface area (TPSA) is 63.9 Å². The number of aryl methyl sites for hydroxylation is 1. The van der Waals surface area contributed by atoms with Gasteiger partial charge in [-0.15, -0.1) is 5.10 Å². The third-order valence-electron chi connectivity index (χ3n) is 3.36. The second-order valence-corrected chi connectivity index (χ2v) is 6.35. The Kier molecular flexibility index (Phi) is 4.12. The summed E-state index contributed by atoms with van der Waals surface area (Å²) in [5.41, 5.74) is 0.769. The average Bonchev–Trinajstić information content (AvgIpc) is 2.88. The Morgan fingerprint density at radius 2 is 2.19 bits per heavy atom. The van der Waals surface area contributed by atoms with Gasteiger partial charge in [0.05, 0.1) is 16.0 Å². The molecule has 1 aliphatic rings. The van der Waals surface area contributed by atoms with Crippen LogP contribution in [0, 0.1) is 0 Å². The third kappa shape index (κ3) is 2.89. The molecule has 1 atom stereocenters. The van der Waals surface area contributed by atoms with Crippen LogP contribution in [-0.2, 0) is 11.8 Å². The second-order valence-electron chi connectivity index (χ2n) is 4.78. The van der Waals surface area contributed by atoms with Gasteiger partial charge in [-0.2, -0.15) is 0 Å². The van der Waals surface area contributed by atoms with E-state index >= 15 is 0 Å². The number of tetrazole rings is 1. The molecule has 0 aliphatic carbocycles. The van der Waals surface area contributed by atoms with Crippen LogP contribution in [0.3, 0.4) is 0 Å². The molecule has 8 heteroatoms. The van der Waals surface area contributed by atoms with Gasteiger partial charge >= 0.3 is 0 Å². The lowest BCUT2D eigenvalue weighted by atomic mass is 10.1. The van der Waals surface area contributed by atoms with Gasteiger partial charge in [-0.25, -0.2) is 4.68 Å². The summed E-state index contributed by atoms with van der Waals surface area (Å²) in [4.78, 5) is 14.4. The zero-order chi connectivity index (χ0) is 14.8. The maximum Gasteiger partial charge on any atom is 0.240 e. The lowest BCUT2D eigenvalue weighted by Gasteiger charge is -2.32. The number of anilines is 1. The van der Waals surface area contributed by atoms with Crippen molar-refractivity contribution in [3.63, 3.8) is 0 Å². The molecule has 0 radical (unpaired) electrons. The molecule has 1 aliphatic heterocycles. The first-order valence-electron chi connectivity index (χ1n) is 6.62. The fraction of sp³-hybridized carbons (Fsp3) is 0.385. The van der Waals surface area contributed by atoms with E-state index in [9.17, 15) is 4.79 Å². The van der Waals surface area contributed by atoms with Gasteiger partial charge in [-0.3, -0.25) is 4.79 Å². The van der Waals surface area contributed by atoms with Crippen LogP contribution in [0.1, 0.15) is 12.8 Å². The summed E-state index contributed by atoms with van der Waals surface area (Å²) < 4.78 is 1.58. The van der Waals surface area contributed by atoms with Crippen molar-refractivity contribution >= 4 is 35.0 Å². The summed E-state index contributed by atoms with van der Waals surface area (Å²) in [5.74, 6) is 0.0577. The minimum Gasteiger partial charge on any atom is -0.310 e. The average molecular weight is 324 g/mol. The molecule has 0 saturated carbocycles. The number of carbonyl (C=O) groups excluding carboxylic acids is 1. The van der Waals surface area contributed by atoms with Crippen molar-refractivity contribution < 1.29 is 4.79 Å². The van der Waals surface area contributed by atoms with Crippen LogP contribution in [0.25, 0.3) is 0 Å². The SMILES string of the molecule is Cn1nnnc1SC1CCCN(c2ccccc2Cl)C1=O. The number of para-hydroxylation sites is 1. The maximum absolute atomic E-state index is 12.7. The Balaban J connectivity index is 1.81. The molecule has 1 saturated heterocycles. The normalized spacial score (nSPS) is 19.0. The van der Waals surface area contributed by atoms with Crippen LogP contribution >= 0.6 is 23.4 Å². The van der Waals surface area contributed by atoms with E-state index in [2.05, 4.69) is 15.5 Å². The number of hydrogen-bond donors (Lipinski definition) is 0. The number of aromatic nitrogens is 4. The largest absolute Gasteiger partial charge is 0.310 e. The van der Waals surface area contributed by atoms with Gasteiger partial charge in [0.1, 0.15) is 0 Å². The lowest BCUT2D eigenvalue weighted by Crippen LogP contribution is -2.43. The van der Waals surface area contributed by atoms with E-state index in [-0.39, 0.29) is 11.2 Å². The number of hydrogen-bond acceptors (Lipinski definition) is 5. The summed E-state index contributed by atoms with van der Waals surface area (Å²) >= 11 is 7.60. The lowest BCUT2D eigenvalue weighted by molar-refractivity contribution is -0.119. The van der Waals surface area contributed by atoms with Crippen LogP contribution in [0.15, 0.2) is 29.4 Å². The fourth-order valence-corrected chi connectivity index (χ4v) is 3.59. The maximum atomic E-state index is 12.7. The molecule has 3 rings (SSSR count). The smallest absolute Gasteiger partial charge is 0.240 e. The predicted octanol–water partition coefficient (Wildman–Crippen LogP) is 2.15. The quantitative estimate of drug-likeness (QED) is 0.866. The summed E-state index contributed by atoms with van der Waals surface area (Å²) in [7, 11) is 1.77. The molecule has 1 unspecified atom stereocenters. The Bertz CT molecular complexity index is 662. The van der Waals surface area contributed by atoms with Crippen molar-refractivity contribution in [3.8, 4) is 0 Å². The van der Waals surface area contributed by atoms with Gasteiger partial charge in [0.15, 0.2) is 0 Å². The van der Waals surface area contributed by atoms with Crippen LogP contribution in [-0.4, -0.2) is 37.9 Å². The third-order valence-corrected chi connectivity index (χ3v) is 4.96. The van der Waals surface area contributed by atoms with Gasteiger partial charge in [0.25, 0.3) is 0 Å². The van der Waals surface area contributed by atoms with Crippen molar-refractivity contribution in [2.75, 3.05) is 11.4 Å². The number of piperidine rings is 1. The second kappa shape index (κ2) is 6.03. The number of benzene rings is 1. The molecule has 0 spiro atoms. The van der Waals surface area contributed by atoms with Crippen LogP contribution in [0.4, 0.5) is 5.69 Å². The molecule has 6 nitrogen and oxygen atoms in total. The van der Waals surface area contributed by atoms with E-state index < -0.39 is 0 Å². The number of rotatable bonds is 3. The van der Waals surface area contributed by atoms with Crippen molar-refractivity contribution in [1.82, 2.24) is 20.2 Å². The Morgan fingerprint density at radius 1 is 1.38 bits per heavy atom. The Hall–Kier alpha value is -1.60. The van der Waals surface area contributed by atoms with Gasteiger partial charge in [-0.05, 0) is 35.4 Å². The number of thioether (sulfide) groups is 1. The highest BCUT2D eigenvalue weighted by Gasteiger charge is 2.32. The first kappa shape index (κ1) is 14.3. The number of amides is 1. The zero-order valence-electron chi connectivity index (χ0n) is 11.4. The predicted molar refractivity (Wildman–Crippen MR) is 81.5 cm³/mol. The van der Waals surface area contributed by atoms with Crippen molar-refractivity contribution in [2.24, 2.45) is 7.05 Å². The Labute approximate surface area is 131 Å².